The van der Waals surface area contributed by atoms with Crippen molar-refractivity contribution in [1.82, 2.24) is 30.0 Å². The molecule has 0 spiro atoms. The highest BCUT2D eigenvalue weighted by Crippen LogP contribution is 2.23. The predicted octanol–water partition coefficient (Wildman–Crippen LogP) is 0.783. The lowest BCUT2D eigenvalue weighted by Gasteiger charge is -2.18. The zero-order valence-electron chi connectivity index (χ0n) is 11.6. The Balaban J connectivity index is 1.68. The summed E-state index contributed by atoms with van der Waals surface area (Å²) < 4.78 is 5.65. The van der Waals surface area contributed by atoms with Crippen LogP contribution in [0.15, 0.2) is 31.0 Å². The zero-order chi connectivity index (χ0) is 14.9. The molecule has 0 aliphatic carbocycles. The number of pyridine rings is 1. The third-order valence-corrected chi connectivity index (χ3v) is 3.57. The highest BCUT2D eigenvalue weighted by atomic mass is 16.5. The van der Waals surface area contributed by atoms with Crippen LogP contribution in [0.3, 0.4) is 0 Å². The molecule has 1 N–H and O–H groups in total. The average molecular weight is 296 g/mol. The number of carbonyl (C=O) groups is 1. The predicted molar refractivity (Wildman–Crippen MR) is 76.2 cm³/mol. The van der Waals surface area contributed by atoms with E-state index in [9.17, 15) is 4.79 Å². The Morgan fingerprint density at radius 2 is 2.27 bits per heavy atom. The summed E-state index contributed by atoms with van der Waals surface area (Å²) in [5.41, 5.74) is 1.75. The molecule has 0 aromatic carbocycles. The summed E-state index contributed by atoms with van der Waals surface area (Å²) in [6.07, 6.45) is 6.39. The van der Waals surface area contributed by atoms with Crippen LogP contribution in [0.2, 0.25) is 0 Å². The first-order valence-electron chi connectivity index (χ1n) is 6.82. The average Bonchev–Trinajstić information content (AvgIpc) is 2.86. The molecule has 0 atom stereocenters. The van der Waals surface area contributed by atoms with E-state index in [0.717, 1.165) is 11.3 Å². The summed E-state index contributed by atoms with van der Waals surface area (Å²) in [5.74, 6) is 0.585. The minimum Gasteiger partial charge on any atom is -0.491 e. The van der Waals surface area contributed by atoms with E-state index in [-0.39, 0.29) is 5.91 Å². The van der Waals surface area contributed by atoms with Crippen LogP contribution in [0, 0.1) is 0 Å². The lowest BCUT2D eigenvalue weighted by atomic mass is 10.2. The van der Waals surface area contributed by atoms with Gasteiger partial charge in [-0.1, -0.05) is 0 Å². The van der Waals surface area contributed by atoms with E-state index in [4.69, 9.17) is 4.74 Å². The van der Waals surface area contributed by atoms with Gasteiger partial charge in [0.25, 0.3) is 5.91 Å². The number of fused-ring (bicyclic) bond motifs is 2. The molecule has 0 saturated carbocycles. The second-order valence-corrected chi connectivity index (χ2v) is 4.92. The number of rotatable bonds is 1. The summed E-state index contributed by atoms with van der Waals surface area (Å²) >= 11 is 0. The number of ether oxygens (including phenoxy) is 1. The Bertz CT molecular complexity index is 846. The van der Waals surface area contributed by atoms with Gasteiger partial charge in [-0.25, -0.2) is 9.97 Å². The van der Waals surface area contributed by atoms with Crippen molar-refractivity contribution in [3.63, 3.8) is 0 Å². The highest BCUT2D eigenvalue weighted by molar-refractivity contribution is 6.03. The number of carbonyl (C=O) groups excluding carboxylic acids is 1. The van der Waals surface area contributed by atoms with Gasteiger partial charge in [0, 0.05) is 24.2 Å². The van der Waals surface area contributed by atoms with Gasteiger partial charge < -0.3 is 9.64 Å². The number of hydrogen-bond donors (Lipinski definition) is 1. The first kappa shape index (κ1) is 12.7. The molecule has 0 saturated heterocycles. The minimum absolute atomic E-state index is 0.179. The Labute approximate surface area is 125 Å². The SMILES string of the molecule is O=C(c1n[nH]c2ncncc12)N1CCOc2ccncc2C1. The molecular formula is C14H12N6O2. The standard InChI is InChI=1S/C14H12N6O2/c21-14(12-10-6-16-8-17-13(10)19-18-12)20-3-4-22-11-1-2-15-5-9(11)7-20/h1-2,5-6,8H,3-4,7H2,(H,16,17,18,19). The third-order valence-electron chi connectivity index (χ3n) is 3.57. The van der Waals surface area contributed by atoms with Gasteiger partial charge in [0.15, 0.2) is 11.3 Å². The van der Waals surface area contributed by atoms with Crippen molar-refractivity contribution < 1.29 is 9.53 Å². The topological polar surface area (TPSA) is 96.9 Å². The smallest absolute Gasteiger partial charge is 0.275 e. The van der Waals surface area contributed by atoms with E-state index in [1.807, 2.05) is 0 Å². The molecule has 0 unspecified atom stereocenters. The van der Waals surface area contributed by atoms with Crippen LogP contribution in [-0.4, -0.2) is 49.1 Å². The summed E-state index contributed by atoms with van der Waals surface area (Å²) in [6, 6.07) is 1.81. The van der Waals surface area contributed by atoms with Crippen molar-refractivity contribution in [2.24, 2.45) is 0 Å². The number of aromatic nitrogens is 5. The molecular weight excluding hydrogens is 284 g/mol. The van der Waals surface area contributed by atoms with Crippen molar-refractivity contribution in [2.45, 2.75) is 6.54 Å². The summed E-state index contributed by atoms with van der Waals surface area (Å²) in [5, 5.41) is 7.45. The molecule has 0 bridgehead atoms. The van der Waals surface area contributed by atoms with Crippen LogP contribution >= 0.6 is 0 Å². The molecule has 1 aliphatic rings. The molecule has 110 valence electrons. The number of nitrogens with one attached hydrogen (secondary N) is 1. The van der Waals surface area contributed by atoms with Crippen LogP contribution in [-0.2, 0) is 6.54 Å². The summed E-state index contributed by atoms with van der Waals surface area (Å²) in [7, 11) is 0. The maximum Gasteiger partial charge on any atom is 0.275 e. The van der Waals surface area contributed by atoms with E-state index in [1.54, 1.807) is 29.6 Å². The van der Waals surface area contributed by atoms with Crippen LogP contribution in [0.25, 0.3) is 11.0 Å². The molecule has 1 amide bonds. The van der Waals surface area contributed by atoms with Crippen molar-refractivity contribution >= 4 is 16.9 Å². The quantitative estimate of drug-likeness (QED) is 0.713. The number of hydrogen-bond acceptors (Lipinski definition) is 6. The molecule has 0 fully saturated rings. The van der Waals surface area contributed by atoms with Gasteiger partial charge in [0.1, 0.15) is 18.7 Å². The molecule has 1 aliphatic heterocycles. The van der Waals surface area contributed by atoms with Crippen molar-refractivity contribution in [3.8, 4) is 5.75 Å². The van der Waals surface area contributed by atoms with Gasteiger partial charge in [-0.05, 0) is 6.07 Å². The zero-order valence-corrected chi connectivity index (χ0v) is 11.6. The van der Waals surface area contributed by atoms with Gasteiger partial charge in [-0.15, -0.1) is 0 Å². The monoisotopic (exact) mass is 296 g/mol. The normalized spacial score (nSPS) is 14.3. The molecule has 8 nitrogen and oxygen atoms in total. The van der Waals surface area contributed by atoms with Gasteiger partial charge in [-0.2, -0.15) is 5.10 Å². The molecule has 4 rings (SSSR count). The fourth-order valence-corrected chi connectivity index (χ4v) is 2.47. The van der Waals surface area contributed by atoms with E-state index in [0.29, 0.717) is 36.4 Å². The van der Waals surface area contributed by atoms with E-state index in [1.165, 1.54) is 6.33 Å². The molecule has 4 heterocycles. The molecule has 0 radical (unpaired) electrons. The van der Waals surface area contributed by atoms with Gasteiger partial charge in [0.2, 0.25) is 0 Å². The first-order chi connectivity index (χ1) is 10.8. The van der Waals surface area contributed by atoms with Crippen LogP contribution in [0.1, 0.15) is 16.1 Å². The Kier molecular flexibility index (Phi) is 2.92. The number of amides is 1. The Morgan fingerprint density at radius 3 is 3.23 bits per heavy atom. The van der Waals surface area contributed by atoms with E-state index < -0.39 is 0 Å². The molecule has 3 aromatic rings. The van der Waals surface area contributed by atoms with Crippen molar-refractivity contribution in [3.05, 3.63) is 42.2 Å². The number of H-pyrrole nitrogens is 1. The van der Waals surface area contributed by atoms with Gasteiger partial charge in [-0.3, -0.25) is 14.9 Å². The fourth-order valence-electron chi connectivity index (χ4n) is 2.47. The maximum absolute atomic E-state index is 12.7. The fraction of sp³-hybridized carbons (Fsp3) is 0.214. The van der Waals surface area contributed by atoms with Gasteiger partial charge >= 0.3 is 0 Å². The second kappa shape index (κ2) is 5.06. The van der Waals surface area contributed by atoms with Crippen LogP contribution in [0.5, 0.6) is 5.75 Å². The first-order valence-corrected chi connectivity index (χ1v) is 6.82. The largest absolute Gasteiger partial charge is 0.491 e. The van der Waals surface area contributed by atoms with Crippen molar-refractivity contribution in [2.75, 3.05) is 13.2 Å². The molecule has 8 heteroatoms. The van der Waals surface area contributed by atoms with E-state index >= 15 is 0 Å². The second-order valence-electron chi connectivity index (χ2n) is 4.92. The lowest BCUT2D eigenvalue weighted by Crippen LogP contribution is -2.32. The van der Waals surface area contributed by atoms with Crippen LogP contribution in [0.4, 0.5) is 0 Å². The van der Waals surface area contributed by atoms with Gasteiger partial charge in [0.05, 0.1) is 18.5 Å². The van der Waals surface area contributed by atoms with Crippen molar-refractivity contribution in [1.29, 1.82) is 0 Å². The number of aromatic amines is 1. The minimum atomic E-state index is -0.179. The number of nitrogens with zero attached hydrogens (tertiary/aromatic N) is 5. The summed E-state index contributed by atoms with van der Waals surface area (Å²) in [4.78, 5) is 26.5. The lowest BCUT2D eigenvalue weighted by molar-refractivity contribution is 0.0729. The highest BCUT2D eigenvalue weighted by Gasteiger charge is 2.24. The molecule has 22 heavy (non-hydrogen) atoms. The third kappa shape index (κ3) is 2.05. The summed E-state index contributed by atoms with van der Waals surface area (Å²) in [6.45, 7) is 1.35. The Hall–Kier alpha value is -3.03. The van der Waals surface area contributed by atoms with Crippen LogP contribution < -0.4 is 4.74 Å². The maximum atomic E-state index is 12.7. The van der Waals surface area contributed by atoms with E-state index in [2.05, 4.69) is 25.1 Å². The molecule has 3 aromatic heterocycles. The Morgan fingerprint density at radius 1 is 1.32 bits per heavy atom.